The monoisotopic (exact) mass is 413 g/mol. The number of rotatable bonds is 3. The maximum atomic E-state index is 12.9. The first-order chi connectivity index (χ1) is 12.7. The summed E-state index contributed by atoms with van der Waals surface area (Å²) in [5.74, 6) is -0.505. The fourth-order valence-corrected chi connectivity index (χ4v) is 2.84. The van der Waals surface area contributed by atoms with Crippen molar-refractivity contribution in [3.8, 4) is 5.69 Å². The maximum Gasteiger partial charge on any atom is 0.416 e. The largest absolute Gasteiger partial charge is 0.416 e. The van der Waals surface area contributed by atoms with E-state index < -0.39 is 17.6 Å². The minimum atomic E-state index is -4.47. The Morgan fingerprint density at radius 2 is 1.85 bits per heavy atom. The summed E-state index contributed by atoms with van der Waals surface area (Å²) in [6.45, 7) is 1.59. The smallest absolute Gasteiger partial charge is 0.320 e. The SMILES string of the molecule is Cc1c(C(=O)Nc2cccc(Cl)c2Cl)cnn1-c1cccc(C(F)(F)F)c1. The van der Waals surface area contributed by atoms with Crippen LogP contribution >= 0.6 is 23.2 Å². The Kier molecular flexibility index (Phi) is 5.17. The average molecular weight is 414 g/mol. The second-order valence-electron chi connectivity index (χ2n) is 5.66. The van der Waals surface area contributed by atoms with Crippen molar-refractivity contribution in [1.82, 2.24) is 9.78 Å². The van der Waals surface area contributed by atoms with Gasteiger partial charge in [0.25, 0.3) is 5.91 Å². The van der Waals surface area contributed by atoms with Gasteiger partial charge in [-0.3, -0.25) is 4.79 Å². The number of nitrogens with one attached hydrogen (secondary N) is 1. The summed E-state index contributed by atoms with van der Waals surface area (Å²) >= 11 is 12.0. The molecule has 0 aliphatic heterocycles. The third-order valence-electron chi connectivity index (χ3n) is 3.87. The molecule has 4 nitrogen and oxygen atoms in total. The predicted molar refractivity (Wildman–Crippen MR) is 97.7 cm³/mol. The Morgan fingerprint density at radius 1 is 1.15 bits per heavy atom. The van der Waals surface area contributed by atoms with E-state index in [2.05, 4.69) is 10.4 Å². The number of carbonyl (C=O) groups excluding carboxylic acids is 1. The van der Waals surface area contributed by atoms with Gasteiger partial charge in [-0.1, -0.05) is 35.3 Å². The fourth-order valence-electron chi connectivity index (χ4n) is 2.50. The number of halogens is 5. The van der Waals surface area contributed by atoms with Crippen LogP contribution in [0.2, 0.25) is 10.0 Å². The molecule has 140 valence electrons. The number of benzene rings is 2. The second kappa shape index (κ2) is 7.25. The van der Waals surface area contributed by atoms with Gasteiger partial charge < -0.3 is 5.32 Å². The minimum Gasteiger partial charge on any atom is -0.320 e. The van der Waals surface area contributed by atoms with Gasteiger partial charge in [-0.2, -0.15) is 18.3 Å². The molecule has 0 saturated carbocycles. The number of nitrogens with zero attached hydrogens (tertiary/aromatic N) is 2. The summed E-state index contributed by atoms with van der Waals surface area (Å²) < 4.78 is 40.0. The summed E-state index contributed by atoms with van der Waals surface area (Å²) in [5.41, 5.74) is 0.294. The number of hydrogen-bond donors (Lipinski definition) is 1. The number of carbonyl (C=O) groups is 1. The normalized spacial score (nSPS) is 11.5. The van der Waals surface area contributed by atoms with Gasteiger partial charge >= 0.3 is 6.18 Å². The molecule has 0 bridgehead atoms. The molecule has 3 aromatic rings. The first-order valence-electron chi connectivity index (χ1n) is 7.66. The highest BCUT2D eigenvalue weighted by atomic mass is 35.5. The lowest BCUT2D eigenvalue weighted by Crippen LogP contribution is -2.13. The van der Waals surface area contributed by atoms with E-state index in [1.54, 1.807) is 25.1 Å². The van der Waals surface area contributed by atoms with E-state index in [-0.39, 0.29) is 21.3 Å². The van der Waals surface area contributed by atoms with Crippen LogP contribution < -0.4 is 5.32 Å². The molecular weight excluding hydrogens is 402 g/mol. The number of aromatic nitrogens is 2. The molecule has 9 heteroatoms. The van der Waals surface area contributed by atoms with E-state index >= 15 is 0 Å². The summed E-state index contributed by atoms with van der Waals surface area (Å²) in [6.07, 6.45) is -3.19. The Bertz CT molecular complexity index is 1020. The zero-order chi connectivity index (χ0) is 19.8. The van der Waals surface area contributed by atoms with Crippen molar-refractivity contribution in [2.45, 2.75) is 13.1 Å². The highest BCUT2D eigenvalue weighted by Gasteiger charge is 2.30. The molecule has 0 atom stereocenters. The Labute approximate surface area is 162 Å². The molecule has 0 saturated heterocycles. The first-order valence-corrected chi connectivity index (χ1v) is 8.41. The van der Waals surface area contributed by atoms with Gasteiger partial charge in [0.2, 0.25) is 0 Å². The molecule has 0 fully saturated rings. The van der Waals surface area contributed by atoms with Crippen LogP contribution in [-0.2, 0) is 6.18 Å². The van der Waals surface area contributed by atoms with E-state index in [0.717, 1.165) is 12.1 Å². The Hall–Kier alpha value is -2.51. The second-order valence-corrected chi connectivity index (χ2v) is 6.44. The van der Waals surface area contributed by atoms with E-state index in [9.17, 15) is 18.0 Å². The molecule has 1 N–H and O–H groups in total. The predicted octanol–water partition coefficient (Wildman–Crippen LogP) is 5.76. The number of amides is 1. The van der Waals surface area contributed by atoms with Gasteiger partial charge in [0.1, 0.15) is 0 Å². The van der Waals surface area contributed by atoms with E-state index in [4.69, 9.17) is 23.2 Å². The van der Waals surface area contributed by atoms with Crippen molar-refractivity contribution in [3.63, 3.8) is 0 Å². The van der Waals surface area contributed by atoms with Crippen LogP contribution in [0.1, 0.15) is 21.6 Å². The number of anilines is 1. The molecule has 0 aliphatic carbocycles. The van der Waals surface area contributed by atoms with Crippen LogP contribution in [0.5, 0.6) is 0 Å². The van der Waals surface area contributed by atoms with Gasteiger partial charge in [-0.15, -0.1) is 0 Å². The Balaban J connectivity index is 1.92. The van der Waals surface area contributed by atoms with Crippen molar-refractivity contribution >= 4 is 34.8 Å². The number of hydrogen-bond acceptors (Lipinski definition) is 2. The van der Waals surface area contributed by atoms with Crippen LogP contribution in [0.25, 0.3) is 5.69 Å². The molecule has 3 rings (SSSR count). The summed E-state index contributed by atoms with van der Waals surface area (Å²) in [4.78, 5) is 12.5. The molecule has 2 aromatic carbocycles. The molecule has 0 spiro atoms. The van der Waals surface area contributed by atoms with Gasteiger partial charge in [-0.25, -0.2) is 4.68 Å². The summed E-state index contributed by atoms with van der Waals surface area (Å²) in [7, 11) is 0. The van der Waals surface area contributed by atoms with Crippen molar-refractivity contribution in [2.24, 2.45) is 0 Å². The van der Waals surface area contributed by atoms with Crippen molar-refractivity contribution in [1.29, 1.82) is 0 Å². The third-order valence-corrected chi connectivity index (χ3v) is 4.69. The molecule has 0 aliphatic rings. The topological polar surface area (TPSA) is 46.9 Å². The molecular formula is C18H12Cl2F3N3O. The van der Waals surface area contributed by atoms with Gasteiger partial charge in [0, 0.05) is 0 Å². The molecule has 1 heterocycles. The zero-order valence-electron chi connectivity index (χ0n) is 13.8. The standard InChI is InChI=1S/C18H12Cl2F3N3O/c1-10-13(17(27)25-15-7-3-6-14(19)16(15)20)9-24-26(10)12-5-2-4-11(8-12)18(21,22)23/h2-9H,1H3,(H,25,27). The molecule has 0 radical (unpaired) electrons. The van der Waals surface area contributed by atoms with Crippen LogP contribution in [-0.4, -0.2) is 15.7 Å². The fraction of sp³-hybridized carbons (Fsp3) is 0.111. The lowest BCUT2D eigenvalue weighted by Gasteiger charge is -2.11. The van der Waals surface area contributed by atoms with Gasteiger partial charge in [0.15, 0.2) is 0 Å². The van der Waals surface area contributed by atoms with E-state index in [1.807, 2.05) is 0 Å². The highest BCUT2D eigenvalue weighted by Crippen LogP contribution is 2.31. The van der Waals surface area contributed by atoms with E-state index in [0.29, 0.717) is 11.4 Å². The third kappa shape index (κ3) is 3.94. The zero-order valence-corrected chi connectivity index (χ0v) is 15.3. The molecule has 27 heavy (non-hydrogen) atoms. The van der Waals surface area contributed by atoms with Gasteiger partial charge in [-0.05, 0) is 37.3 Å². The average Bonchev–Trinajstić information content (AvgIpc) is 3.00. The highest BCUT2D eigenvalue weighted by molar-refractivity contribution is 6.44. The molecule has 1 aromatic heterocycles. The quantitative estimate of drug-likeness (QED) is 0.593. The van der Waals surface area contributed by atoms with Crippen molar-refractivity contribution in [2.75, 3.05) is 5.32 Å². The molecule has 1 amide bonds. The van der Waals surface area contributed by atoms with Crippen LogP contribution in [0.4, 0.5) is 18.9 Å². The first kappa shape index (κ1) is 19.3. The lowest BCUT2D eigenvalue weighted by atomic mass is 10.2. The maximum absolute atomic E-state index is 12.9. The number of alkyl halides is 3. The van der Waals surface area contributed by atoms with E-state index in [1.165, 1.54) is 23.0 Å². The Morgan fingerprint density at radius 3 is 2.56 bits per heavy atom. The summed E-state index contributed by atoms with van der Waals surface area (Å²) in [6, 6.07) is 9.49. The summed E-state index contributed by atoms with van der Waals surface area (Å²) in [5, 5.41) is 7.13. The van der Waals surface area contributed by atoms with Crippen LogP contribution in [0.15, 0.2) is 48.7 Å². The van der Waals surface area contributed by atoms with Crippen LogP contribution in [0.3, 0.4) is 0 Å². The lowest BCUT2D eigenvalue weighted by molar-refractivity contribution is -0.137. The van der Waals surface area contributed by atoms with Crippen LogP contribution in [0, 0.1) is 6.92 Å². The van der Waals surface area contributed by atoms with Gasteiger partial charge in [0.05, 0.1) is 44.4 Å². The van der Waals surface area contributed by atoms with Crippen molar-refractivity contribution < 1.29 is 18.0 Å². The van der Waals surface area contributed by atoms with Crippen molar-refractivity contribution in [3.05, 3.63) is 75.5 Å². The minimum absolute atomic E-state index is 0.190. The molecule has 0 unspecified atom stereocenters.